The molecule has 1 aromatic rings. The van der Waals surface area contributed by atoms with Gasteiger partial charge in [0.25, 0.3) is 0 Å². The van der Waals surface area contributed by atoms with Crippen LogP contribution >= 0.6 is 0 Å². The van der Waals surface area contributed by atoms with E-state index in [4.69, 9.17) is 5.73 Å². The van der Waals surface area contributed by atoms with Crippen LogP contribution in [0.25, 0.3) is 0 Å². The SMILES string of the molecule is CC(N)CCN(C)Cc1ccc2c(c1)CCCC2. The summed E-state index contributed by atoms with van der Waals surface area (Å²) in [6, 6.07) is 7.35. The van der Waals surface area contributed by atoms with Gasteiger partial charge in [-0.3, -0.25) is 0 Å². The Bertz CT molecular complexity index is 385. The summed E-state index contributed by atoms with van der Waals surface area (Å²) in [5, 5.41) is 0. The van der Waals surface area contributed by atoms with E-state index >= 15 is 0 Å². The Morgan fingerprint density at radius 2 is 1.94 bits per heavy atom. The van der Waals surface area contributed by atoms with Crippen LogP contribution in [-0.4, -0.2) is 24.5 Å². The second-order valence-electron chi connectivity index (χ2n) is 5.81. The Labute approximate surface area is 111 Å². The van der Waals surface area contributed by atoms with Crippen molar-refractivity contribution in [3.05, 3.63) is 34.9 Å². The molecule has 1 unspecified atom stereocenters. The van der Waals surface area contributed by atoms with Gasteiger partial charge in [-0.25, -0.2) is 0 Å². The van der Waals surface area contributed by atoms with Crippen molar-refractivity contribution in [1.82, 2.24) is 4.90 Å². The molecule has 1 aromatic carbocycles. The van der Waals surface area contributed by atoms with Crippen molar-refractivity contribution in [2.24, 2.45) is 5.73 Å². The van der Waals surface area contributed by atoms with E-state index in [0.29, 0.717) is 6.04 Å². The molecule has 0 amide bonds. The van der Waals surface area contributed by atoms with Gasteiger partial charge in [0.05, 0.1) is 0 Å². The van der Waals surface area contributed by atoms with Gasteiger partial charge in [0, 0.05) is 12.6 Å². The quantitative estimate of drug-likeness (QED) is 0.865. The summed E-state index contributed by atoms with van der Waals surface area (Å²) in [6.07, 6.45) is 6.34. The molecule has 0 aliphatic heterocycles. The van der Waals surface area contributed by atoms with Crippen LogP contribution in [0.3, 0.4) is 0 Å². The molecule has 1 atom stereocenters. The van der Waals surface area contributed by atoms with E-state index in [0.717, 1.165) is 19.5 Å². The molecule has 0 saturated carbocycles. The molecule has 1 aliphatic carbocycles. The van der Waals surface area contributed by atoms with Crippen molar-refractivity contribution in [1.29, 1.82) is 0 Å². The van der Waals surface area contributed by atoms with Crippen molar-refractivity contribution in [3.63, 3.8) is 0 Å². The Hall–Kier alpha value is -0.860. The van der Waals surface area contributed by atoms with Crippen LogP contribution < -0.4 is 5.73 Å². The molecule has 100 valence electrons. The standard InChI is InChI=1S/C16H26N2/c1-13(17)9-10-18(2)12-14-7-8-15-5-3-4-6-16(15)11-14/h7-8,11,13H,3-6,9-10,12,17H2,1-2H3. The van der Waals surface area contributed by atoms with Gasteiger partial charge in [-0.15, -0.1) is 0 Å². The van der Waals surface area contributed by atoms with E-state index in [1.165, 1.54) is 31.2 Å². The molecule has 0 radical (unpaired) electrons. The third-order valence-corrected chi connectivity index (χ3v) is 3.83. The second-order valence-corrected chi connectivity index (χ2v) is 5.81. The van der Waals surface area contributed by atoms with Crippen LogP contribution in [-0.2, 0) is 19.4 Å². The first-order valence-electron chi connectivity index (χ1n) is 7.20. The van der Waals surface area contributed by atoms with E-state index in [-0.39, 0.29) is 0 Å². The topological polar surface area (TPSA) is 29.3 Å². The minimum Gasteiger partial charge on any atom is -0.328 e. The molecule has 2 rings (SSSR count). The first kappa shape index (κ1) is 13.6. The molecular formula is C16H26N2. The Morgan fingerprint density at radius 1 is 1.22 bits per heavy atom. The number of rotatable bonds is 5. The van der Waals surface area contributed by atoms with E-state index < -0.39 is 0 Å². The van der Waals surface area contributed by atoms with Crippen molar-refractivity contribution < 1.29 is 0 Å². The van der Waals surface area contributed by atoms with E-state index in [1.54, 1.807) is 11.1 Å². The largest absolute Gasteiger partial charge is 0.328 e. The van der Waals surface area contributed by atoms with Crippen molar-refractivity contribution in [3.8, 4) is 0 Å². The van der Waals surface area contributed by atoms with Crippen LogP contribution in [0.1, 0.15) is 42.9 Å². The lowest BCUT2D eigenvalue weighted by atomic mass is 9.90. The molecule has 2 nitrogen and oxygen atoms in total. The zero-order valence-electron chi connectivity index (χ0n) is 11.8. The highest BCUT2D eigenvalue weighted by Crippen LogP contribution is 2.22. The lowest BCUT2D eigenvalue weighted by Crippen LogP contribution is -2.25. The predicted octanol–water partition coefficient (Wildman–Crippen LogP) is 2.73. The third kappa shape index (κ3) is 3.82. The van der Waals surface area contributed by atoms with Gasteiger partial charge in [0.1, 0.15) is 0 Å². The second kappa shape index (κ2) is 6.35. The highest BCUT2D eigenvalue weighted by Gasteiger charge is 2.10. The van der Waals surface area contributed by atoms with Crippen LogP contribution in [0, 0.1) is 0 Å². The van der Waals surface area contributed by atoms with Crippen LogP contribution in [0.4, 0.5) is 0 Å². The first-order chi connectivity index (χ1) is 8.65. The van der Waals surface area contributed by atoms with Crippen LogP contribution in [0.15, 0.2) is 18.2 Å². The minimum absolute atomic E-state index is 0.302. The summed E-state index contributed by atoms with van der Waals surface area (Å²) < 4.78 is 0. The number of nitrogens with zero attached hydrogens (tertiary/aromatic N) is 1. The molecule has 18 heavy (non-hydrogen) atoms. The zero-order valence-corrected chi connectivity index (χ0v) is 11.8. The average molecular weight is 246 g/mol. The molecule has 0 heterocycles. The zero-order chi connectivity index (χ0) is 13.0. The normalized spacial score (nSPS) is 16.7. The van der Waals surface area contributed by atoms with Gasteiger partial charge in [-0.05, 0) is 69.3 Å². The molecule has 0 saturated heterocycles. The predicted molar refractivity (Wildman–Crippen MR) is 77.7 cm³/mol. The van der Waals surface area contributed by atoms with E-state index in [2.05, 4.69) is 37.1 Å². The number of aryl methyl sites for hydroxylation is 2. The number of hydrogen-bond donors (Lipinski definition) is 1. The lowest BCUT2D eigenvalue weighted by molar-refractivity contribution is 0.313. The third-order valence-electron chi connectivity index (χ3n) is 3.83. The lowest BCUT2D eigenvalue weighted by Gasteiger charge is -2.20. The Kier molecular flexibility index (Phi) is 4.79. The van der Waals surface area contributed by atoms with E-state index in [9.17, 15) is 0 Å². The summed E-state index contributed by atoms with van der Waals surface area (Å²) in [4.78, 5) is 2.37. The molecule has 0 aromatic heterocycles. The monoisotopic (exact) mass is 246 g/mol. The number of hydrogen-bond acceptors (Lipinski definition) is 2. The fraction of sp³-hybridized carbons (Fsp3) is 0.625. The van der Waals surface area contributed by atoms with Crippen LogP contribution in [0.2, 0.25) is 0 Å². The van der Waals surface area contributed by atoms with Crippen molar-refractivity contribution in [2.75, 3.05) is 13.6 Å². The number of fused-ring (bicyclic) bond motifs is 1. The number of benzene rings is 1. The summed E-state index contributed by atoms with van der Waals surface area (Å²) in [6.45, 7) is 4.20. The summed E-state index contributed by atoms with van der Waals surface area (Å²) in [5.74, 6) is 0. The summed E-state index contributed by atoms with van der Waals surface area (Å²) >= 11 is 0. The summed E-state index contributed by atoms with van der Waals surface area (Å²) in [7, 11) is 2.18. The molecule has 0 spiro atoms. The average Bonchev–Trinajstić information content (AvgIpc) is 2.36. The maximum Gasteiger partial charge on any atom is 0.0230 e. The maximum absolute atomic E-state index is 5.80. The maximum atomic E-state index is 5.80. The van der Waals surface area contributed by atoms with E-state index in [1.807, 2.05) is 0 Å². The molecule has 2 N–H and O–H groups in total. The molecule has 0 fully saturated rings. The van der Waals surface area contributed by atoms with Crippen molar-refractivity contribution in [2.45, 2.75) is 51.6 Å². The fourth-order valence-electron chi connectivity index (χ4n) is 2.70. The highest BCUT2D eigenvalue weighted by molar-refractivity contribution is 5.33. The first-order valence-corrected chi connectivity index (χ1v) is 7.20. The fourth-order valence-corrected chi connectivity index (χ4v) is 2.70. The molecule has 0 bridgehead atoms. The van der Waals surface area contributed by atoms with Crippen LogP contribution in [0.5, 0.6) is 0 Å². The number of nitrogens with two attached hydrogens (primary N) is 1. The Morgan fingerprint density at radius 3 is 2.67 bits per heavy atom. The van der Waals surface area contributed by atoms with Gasteiger partial charge >= 0.3 is 0 Å². The Balaban J connectivity index is 1.93. The minimum atomic E-state index is 0.302. The molecule has 2 heteroatoms. The summed E-state index contributed by atoms with van der Waals surface area (Å²) in [5.41, 5.74) is 10.4. The van der Waals surface area contributed by atoms with Gasteiger partial charge < -0.3 is 10.6 Å². The van der Waals surface area contributed by atoms with Gasteiger partial charge in [0.15, 0.2) is 0 Å². The molecule has 1 aliphatic rings. The van der Waals surface area contributed by atoms with Gasteiger partial charge in [-0.2, -0.15) is 0 Å². The molecular weight excluding hydrogens is 220 g/mol. The highest BCUT2D eigenvalue weighted by atomic mass is 15.1. The van der Waals surface area contributed by atoms with Crippen molar-refractivity contribution >= 4 is 0 Å². The van der Waals surface area contributed by atoms with Gasteiger partial charge in [0.2, 0.25) is 0 Å². The van der Waals surface area contributed by atoms with Gasteiger partial charge in [-0.1, -0.05) is 18.2 Å². The smallest absolute Gasteiger partial charge is 0.0230 e.